The largest absolute Gasteiger partial charge is 0.497 e. The van der Waals surface area contributed by atoms with Gasteiger partial charge in [-0.25, -0.2) is 8.42 Å². The first kappa shape index (κ1) is 16.8. The van der Waals surface area contributed by atoms with Crippen molar-refractivity contribution < 1.29 is 17.9 Å². The van der Waals surface area contributed by atoms with E-state index in [2.05, 4.69) is 9.82 Å². The van der Waals surface area contributed by atoms with Crippen molar-refractivity contribution in [3.8, 4) is 5.75 Å². The third-order valence-corrected chi connectivity index (χ3v) is 4.63. The highest BCUT2D eigenvalue weighted by Gasteiger charge is 2.24. The molecule has 23 heavy (non-hydrogen) atoms. The summed E-state index contributed by atoms with van der Waals surface area (Å²) < 4.78 is 33.7. The molecule has 2 rings (SSSR count). The van der Waals surface area contributed by atoms with Crippen LogP contribution >= 0.6 is 0 Å². The van der Waals surface area contributed by atoms with E-state index in [4.69, 9.17) is 10.5 Å². The number of carbonyl (C=O) groups excluding carboxylic acids is 1. The van der Waals surface area contributed by atoms with Gasteiger partial charge < -0.3 is 10.5 Å². The number of nitrogens with one attached hydrogen (secondary N) is 1. The summed E-state index contributed by atoms with van der Waals surface area (Å²) in [6.45, 7) is 3.77. The Morgan fingerprint density at radius 1 is 1.35 bits per heavy atom. The molecule has 3 N–H and O–H groups in total. The predicted molar refractivity (Wildman–Crippen MR) is 85.0 cm³/mol. The number of benzene rings is 1. The van der Waals surface area contributed by atoms with E-state index in [0.717, 1.165) is 0 Å². The summed E-state index contributed by atoms with van der Waals surface area (Å²) in [6.07, 6.45) is 0. The van der Waals surface area contributed by atoms with Gasteiger partial charge in [-0.15, -0.1) is 0 Å². The lowest BCUT2D eigenvalue weighted by atomic mass is 10.3. The molecule has 0 aliphatic carbocycles. The molecular formula is C14H18N4O4S. The number of ether oxygens (including phenoxy) is 1. The summed E-state index contributed by atoms with van der Waals surface area (Å²) in [7, 11) is -2.39. The van der Waals surface area contributed by atoms with E-state index in [1.54, 1.807) is 13.8 Å². The normalized spacial score (nSPS) is 11.3. The van der Waals surface area contributed by atoms with Crippen LogP contribution in [0.2, 0.25) is 0 Å². The number of nitrogens with zero attached hydrogens (tertiary/aromatic N) is 2. The Hall–Kier alpha value is -2.55. The Bertz CT molecular complexity index is 825. The van der Waals surface area contributed by atoms with Crippen LogP contribution < -0.4 is 15.2 Å². The lowest BCUT2D eigenvalue weighted by Gasteiger charge is -2.10. The zero-order valence-electron chi connectivity index (χ0n) is 13.0. The van der Waals surface area contributed by atoms with Crippen LogP contribution in [0.5, 0.6) is 5.75 Å². The average molecular weight is 338 g/mol. The minimum Gasteiger partial charge on any atom is -0.497 e. The Morgan fingerprint density at radius 2 is 1.96 bits per heavy atom. The van der Waals surface area contributed by atoms with Crippen molar-refractivity contribution in [3.05, 3.63) is 35.7 Å². The van der Waals surface area contributed by atoms with E-state index in [9.17, 15) is 13.2 Å². The summed E-state index contributed by atoms with van der Waals surface area (Å²) in [4.78, 5) is 11.7. The van der Waals surface area contributed by atoms with Crippen molar-refractivity contribution in [1.29, 1.82) is 0 Å². The Morgan fingerprint density at radius 3 is 2.43 bits per heavy atom. The first-order valence-corrected chi connectivity index (χ1v) is 8.32. The molecule has 1 amide bonds. The van der Waals surface area contributed by atoms with E-state index >= 15 is 0 Å². The van der Waals surface area contributed by atoms with Gasteiger partial charge in [0.2, 0.25) is 0 Å². The predicted octanol–water partition coefficient (Wildman–Crippen LogP) is 1.12. The van der Waals surface area contributed by atoms with E-state index in [-0.39, 0.29) is 16.3 Å². The topological polar surface area (TPSA) is 116 Å². The highest BCUT2D eigenvalue weighted by atomic mass is 32.2. The van der Waals surface area contributed by atoms with Crippen molar-refractivity contribution in [3.63, 3.8) is 0 Å². The molecule has 0 spiro atoms. The molecule has 0 bridgehead atoms. The number of rotatable bonds is 6. The molecule has 0 atom stereocenters. The second kappa shape index (κ2) is 6.29. The molecule has 0 fully saturated rings. The number of methoxy groups -OCH3 is 1. The van der Waals surface area contributed by atoms with Crippen molar-refractivity contribution >= 4 is 21.6 Å². The summed E-state index contributed by atoms with van der Waals surface area (Å²) in [5.74, 6) is -0.211. The van der Waals surface area contributed by atoms with Crippen molar-refractivity contribution in [2.75, 3.05) is 11.8 Å². The van der Waals surface area contributed by atoms with Gasteiger partial charge in [-0.05, 0) is 38.1 Å². The average Bonchev–Trinajstić information content (AvgIpc) is 2.83. The summed E-state index contributed by atoms with van der Waals surface area (Å²) in [6, 6.07) is 5.88. The fourth-order valence-electron chi connectivity index (χ4n) is 2.13. The summed E-state index contributed by atoms with van der Waals surface area (Å²) in [5, 5.41) is 4.12. The number of amides is 1. The fourth-order valence-corrected chi connectivity index (χ4v) is 3.26. The Labute approximate surface area is 134 Å². The summed E-state index contributed by atoms with van der Waals surface area (Å²) in [5.41, 5.74) is 5.84. The standard InChI is InChI=1S/C14H18N4O4S/c1-4-18-13(14(15)19)12(9(2)16-18)17-23(20,21)11-7-5-10(22-3)6-8-11/h5-8,17H,4H2,1-3H3,(H2,15,19). The molecule has 0 saturated heterocycles. The molecule has 0 unspecified atom stereocenters. The molecule has 0 aliphatic heterocycles. The number of aryl methyl sites for hydroxylation is 2. The van der Waals surface area contributed by atoms with Gasteiger partial charge in [0.05, 0.1) is 17.7 Å². The van der Waals surface area contributed by atoms with E-state index < -0.39 is 15.9 Å². The highest BCUT2D eigenvalue weighted by Crippen LogP contribution is 2.24. The van der Waals surface area contributed by atoms with Crippen LogP contribution in [0.15, 0.2) is 29.2 Å². The maximum absolute atomic E-state index is 12.5. The van der Waals surface area contributed by atoms with Crippen LogP contribution in [0.25, 0.3) is 0 Å². The lowest BCUT2D eigenvalue weighted by Crippen LogP contribution is -2.21. The number of primary amides is 1. The van der Waals surface area contributed by atoms with Gasteiger partial charge in [-0.3, -0.25) is 14.2 Å². The van der Waals surface area contributed by atoms with E-state index in [1.165, 1.54) is 36.1 Å². The zero-order chi connectivity index (χ0) is 17.2. The third kappa shape index (κ3) is 3.29. The molecular weight excluding hydrogens is 320 g/mol. The smallest absolute Gasteiger partial charge is 0.269 e. The molecule has 124 valence electrons. The van der Waals surface area contributed by atoms with Crippen LogP contribution in [0.3, 0.4) is 0 Å². The number of nitrogens with two attached hydrogens (primary N) is 1. The van der Waals surface area contributed by atoms with Crippen molar-refractivity contribution in [2.45, 2.75) is 25.3 Å². The summed E-state index contributed by atoms with van der Waals surface area (Å²) >= 11 is 0. The molecule has 2 aromatic rings. The van der Waals surface area contributed by atoms with Gasteiger partial charge in [0.1, 0.15) is 17.1 Å². The fraction of sp³-hybridized carbons (Fsp3) is 0.286. The maximum atomic E-state index is 12.5. The van der Waals surface area contributed by atoms with Crippen LogP contribution in [0.4, 0.5) is 5.69 Å². The SMILES string of the molecule is CCn1nc(C)c(NS(=O)(=O)c2ccc(OC)cc2)c1C(N)=O. The number of anilines is 1. The number of hydrogen-bond acceptors (Lipinski definition) is 5. The number of aromatic nitrogens is 2. The van der Waals surface area contributed by atoms with E-state index in [0.29, 0.717) is 18.0 Å². The maximum Gasteiger partial charge on any atom is 0.269 e. The molecule has 8 nitrogen and oxygen atoms in total. The second-order valence-electron chi connectivity index (χ2n) is 4.77. The molecule has 1 aromatic carbocycles. The first-order valence-electron chi connectivity index (χ1n) is 6.84. The number of sulfonamides is 1. The van der Waals surface area contributed by atoms with Crippen LogP contribution in [0.1, 0.15) is 23.1 Å². The lowest BCUT2D eigenvalue weighted by molar-refractivity contribution is 0.0991. The number of carbonyl (C=O) groups is 1. The van der Waals surface area contributed by atoms with Crippen LogP contribution in [-0.2, 0) is 16.6 Å². The minimum atomic E-state index is -3.88. The Kier molecular flexibility index (Phi) is 4.60. The molecule has 9 heteroatoms. The minimum absolute atomic E-state index is 0.0297. The molecule has 1 heterocycles. The second-order valence-corrected chi connectivity index (χ2v) is 6.45. The third-order valence-electron chi connectivity index (χ3n) is 3.27. The molecule has 0 radical (unpaired) electrons. The van der Waals surface area contributed by atoms with Crippen LogP contribution in [-0.4, -0.2) is 31.2 Å². The Balaban J connectivity index is 2.44. The van der Waals surface area contributed by atoms with Gasteiger partial charge in [0.15, 0.2) is 0 Å². The molecule has 0 saturated carbocycles. The van der Waals surface area contributed by atoms with Gasteiger partial charge in [-0.2, -0.15) is 5.10 Å². The van der Waals surface area contributed by atoms with Crippen molar-refractivity contribution in [1.82, 2.24) is 9.78 Å². The first-order chi connectivity index (χ1) is 10.8. The van der Waals surface area contributed by atoms with Crippen molar-refractivity contribution in [2.24, 2.45) is 5.73 Å². The zero-order valence-corrected chi connectivity index (χ0v) is 13.8. The molecule has 0 aliphatic rings. The van der Waals surface area contributed by atoms with Crippen LogP contribution in [0, 0.1) is 6.92 Å². The molecule has 1 aromatic heterocycles. The quantitative estimate of drug-likeness (QED) is 0.818. The van der Waals surface area contributed by atoms with Gasteiger partial charge in [0.25, 0.3) is 15.9 Å². The van der Waals surface area contributed by atoms with Gasteiger partial charge in [-0.1, -0.05) is 0 Å². The van der Waals surface area contributed by atoms with E-state index in [1.807, 2.05) is 0 Å². The number of hydrogen-bond donors (Lipinski definition) is 2. The van der Waals surface area contributed by atoms with Gasteiger partial charge in [0, 0.05) is 6.54 Å². The highest BCUT2D eigenvalue weighted by molar-refractivity contribution is 7.92. The monoisotopic (exact) mass is 338 g/mol. The van der Waals surface area contributed by atoms with Gasteiger partial charge >= 0.3 is 0 Å².